The largest absolute Gasteiger partial charge is 0.378 e. The molecule has 8 heteroatoms. The van der Waals surface area contributed by atoms with Crippen molar-refractivity contribution >= 4 is 34.9 Å². The Morgan fingerprint density at radius 3 is 2.10 bits per heavy atom. The summed E-state index contributed by atoms with van der Waals surface area (Å²) in [5.41, 5.74) is 0. The molecule has 0 aromatic carbocycles. The monoisotopic (exact) mass is 418 g/mol. The molecule has 0 amide bonds. The van der Waals surface area contributed by atoms with Crippen LogP contribution >= 0.6 is 12.2 Å². The van der Waals surface area contributed by atoms with Crippen LogP contribution < -0.4 is 20.4 Å². The molecular weight excluding hydrogens is 384 g/mol. The molecule has 3 heterocycles. The minimum atomic E-state index is 0.469. The van der Waals surface area contributed by atoms with E-state index in [1.165, 1.54) is 57.8 Å². The number of anilines is 3. The van der Waals surface area contributed by atoms with Crippen LogP contribution in [-0.4, -0.2) is 60.5 Å². The molecule has 4 rings (SSSR count). The molecule has 0 spiro atoms. The Labute approximate surface area is 179 Å². The first-order valence-electron chi connectivity index (χ1n) is 11.3. The van der Waals surface area contributed by atoms with Gasteiger partial charge >= 0.3 is 0 Å². The van der Waals surface area contributed by atoms with Gasteiger partial charge in [-0.25, -0.2) is 0 Å². The van der Waals surface area contributed by atoms with Crippen molar-refractivity contribution in [2.45, 2.75) is 63.8 Å². The van der Waals surface area contributed by atoms with Crippen molar-refractivity contribution in [2.24, 2.45) is 0 Å². The third kappa shape index (κ3) is 5.92. The van der Waals surface area contributed by atoms with Crippen LogP contribution in [0.3, 0.4) is 0 Å². The zero-order valence-electron chi connectivity index (χ0n) is 17.4. The minimum Gasteiger partial charge on any atom is -0.378 e. The number of nitrogens with zero attached hydrogens (tertiary/aromatic N) is 4. The van der Waals surface area contributed by atoms with Gasteiger partial charge in [-0.05, 0) is 37.9 Å². The molecule has 1 aromatic rings. The Morgan fingerprint density at radius 1 is 0.862 bits per heavy atom. The molecule has 1 saturated carbocycles. The topological polar surface area (TPSA) is 65.6 Å². The fraction of sp³-hybridized carbons (Fsp3) is 0.762. The molecule has 0 radical (unpaired) electrons. The maximum atomic E-state index is 5.59. The number of hydrogen-bond acceptors (Lipinski definition) is 6. The summed E-state index contributed by atoms with van der Waals surface area (Å²) in [6.45, 7) is 5.33. The number of nitrogens with one attached hydrogen (secondary N) is 2. The Kier molecular flexibility index (Phi) is 7.38. The first-order chi connectivity index (χ1) is 14.3. The Hall–Kier alpha value is -1.67. The first-order valence-corrected chi connectivity index (χ1v) is 11.7. The Morgan fingerprint density at radius 2 is 1.45 bits per heavy atom. The van der Waals surface area contributed by atoms with E-state index in [2.05, 4.69) is 26.5 Å². The predicted molar refractivity (Wildman–Crippen MR) is 122 cm³/mol. The average molecular weight is 419 g/mol. The third-order valence-electron chi connectivity index (χ3n) is 6.13. The van der Waals surface area contributed by atoms with Gasteiger partial charge in [0.1, 0.15) is 11.6 Å². The molecule has 1 aromatic heterocycles. The van der Waals surface area contributed by atoms with Crippen LogP contribution in [0.2, 0.25) is 0 Å². The molecule has 0 atom stereocenters. The van der Waals surface area contributed by atoms with Crippen LogP contribution in [-0.2, 0) is 4.74 Å². The highest BCUT2D eigenvalue weighted by Gasteiger charge is 2.20. The van der Waals surface area contributed by atoms with E-state index in [-0.39, 0.29) is 0 Å². The second-order valence-electron chi connectivity index (χ2n) is 8.34. The van der Waals surface area contributed by atoms with Gasteiger partial charge in [0, 0.05) is 38.3 Å². The molecule has 0 bridgehead atoms. The minimum absolute atomic E-state index is 0.469. The zero-order chi connectivity index (χ0) is 19.9. The smallest absolute Gasteiger partial charge is 0.232 e. The van der Waals surface area contributed by atoms with Crippen LogP contribution in [0.25, 0.3) is 0 Å². The van der Waals surface area contributed by atoms with Gasteiger partial charge in [0.05, 0.1) is 13.2 Å². The van der Waals surface area contributed by atoms with E-state index >= 15 is 0 Å². The zero-order valence-corrected chi connectivity index (χ0v) is 18.2. The summed E-state index contributed by atoms with van der Waals surface area (Å²) < 4.78 is 5.52. The van der Waals surface area contributed by atoms with E-state index in [4.69, 9.17) is 26.9 Å². The molecule has 29 heavy (non-hydrogen) atoms. The van der Waals surface area contributed by atoms with Crippen molar-refractivity contribution in [3.05, 3.63) is 6.07 Å². The van der Waals surface area contributed by atoms with Crippen molar-refractivity contribution in [2.75, 3.05) is 54.5 Å². The van der Waals surface area contributed by atoms with Gasteiger partial charge in [0.2, 0.25) is 5.95 Å². The van der Waals surface area contributed by atoms with Crippen molar-refractivity contribution in [1.82, 2.24) is 15.3 Å². The van der Waals surface area contributed by atoms with E-state index in [9.17, 15) is 0 Å². The van der Waals surface area contributed by atoms with Gasteiger partial charge in [-0.1, -0.05) is 32.1 Å². The van der Waals surface area contributed by atoms with Crippen molar-refractivity contribution in [3.63, 3.8) is 0 Å². The lowest BCUT2D eigenvalue weighted by Crippen LogP contribution is -2.40. The number of aromatic nitrogens is 2. The Bertz CT molecular complexity index is 667. The SMILES string of the molecule is S=C(Nc1nc(N2CCCCCC2)cc(N2CCOCC2)n1)NC1CCCCC1. The van der Waals surface area contributed by atoms with Gasteiger partial charge in [-0.15, -0.1) is 0 Å². The molecule has 1 aliphatic carbocycles. The number of morpholine rings is 1. The van der Waals surface area contributed by atoms with E-state index < -0.39 is 0 Å². The maximum Gasteiger partial charge on any atom is 0.232 e. The first kappa shape index (κ1) is 20.6. The lowest BCUT2D eigenvalue weighted by molar-refractivity contribution is 0.122. The second kappa shape index (κ2) is 10.4. The molecule has 2 saturated heterocycles. The van der Waals surface area contributed by atoms with Crippen LogP contribution in [0.15, 0.2) is 6.07 Å². The van der Waals surface area contributed by atoms with Crippen LogP contribution in [0.5, 0.6) is 0 Å². The van der Waals surface area contributed by atoms with Gasteiger partial charge in [-0.2, -0.15) is 9.97 Å². The quantitative estimate of drug-likeness (QED) is 0.722. The predicted octanol–water partition coefficient (Wildman–Crippen LogP) is 3.31. The van der Waals surface area contributed by atoms with Crippen molar-refractivity contribution in [1.29, 1.82) is 0 Å². The standard InChI is InChI=1S/C21H34N6OS/c29-21(22-17-8-4-3-5-9-17)25-20-23-18(26-10-6-1-2-7-11-26)16-19(24-20)27-12-14-28-15-13-27/h16-17H,1-15H2,(H2,22,23,24,25,29). The lowest BCUT2D eigenvalue weighted by Gasteiger charge is -2.30. The van der Waals surface area contributed by atoms with E-state index in [0.29, 0.717) is 17.1 Å². The highest BCUT2D eigenvalue weighted by atomic mass is 32.1. The highest BCUT2D eigenvalue weighted by molar-refractivity contribution is 7.80. The summed E-state index contributed by atoms with van der Waals surface area (Å²) in [5.74, 6) is 2.57. The summed E-state index contributed by atoms with van der Waals surface area (Å²) in [6, 6.07) is 2.61. The number of ether oxygens (including phenoxy) is 1. The molecule has 2 aliphatic heterocycles. The van der Waals surface area contributed by atoms with E-state index in [0.717, 1.165) is 51.0 Å². The number of thiocarbonyl (C=S) groups is 1. The second-order valence-corrected chi connectivity index (χ2v) is 8.75. The van der Waals surface area contributed by atoms with Gasteiger partial charge in [-0.3, -0.25) is 0 Å². The van der Waals surface area contributed by atoms with Gasteiger partial charge < -0.3 is 25.2 Å². The molecule has 2 N–H and O–H groups in total. The van der Waals surface area contributed by atoms with Crippen molar-refractivity contribution in [3.8, 4) is 0 Å². The number of rotatable bonds is 4. The van der Waals surface area contributed by atoms with E-state index in [1.54, 1.807) is 0 Å². The van der Waals surface area contributed by atoms with Gasteiger partial charge in [0.25, 0.3) is 0 Å². The van der Waals surface area contributed by atoms with Crippen LogP contribution in [0.4, 0.5) is 17.6 Å². The van der Waals surface area contributed by atoms with Crippen LogP contribution in [0.1, 0.15) is 57.8 Å². The van der Waals surface area contributed by atoms with Crippen LogP contribution in [0, 0.1) is 0 Å². The summed E-state index contributed by atoms with van der Waals surface area (Å²) >= 11 is 5.59. The number of hydrogen-bond donors (Lipinski definition) is 2. The van der Waals surface area contributed by atoms with E-state index in [1.807, 2.05) is 0 Å². The lowest BCUT2D eigenvalue weighted by atomic mass is 9.96. The maximum absolute atomic E-state index is 5.59. The summed E-state index contributed by atoms with van der Waals surface area (Å²) in [5, 5.41) is 7.38. The summed E-state index contributed by atoms with van der Waals surface area (Å²) in [6.07, 6.45) is 11.3. The van der Waals surface area contributed by atoms with Crippen molar-refractivity contribution < 1.29 is 4.74 Å². The average Bonchev–Trinajstić information content (AvgIpc) is 3.04. The molecular formula is C21H34N6OS. The molecule has 160 valence electrons. The fourth-order valence-electron chi connectivity index (χ4n) is 4.46. The Balaban J connectivity index is 1.50. The fourth-order valence-corrected chi connectivity index (χ4v) is 4.72. The molecule has 7 nitrogen and oxygen atoms in total. The molecule has 3 aliphatic rings. The normalized spacial score (nSPS) is 21.5. The molecule has 3 fully saturated rings. The summed E-state index contributed by atoms with van der Waals surface area (Å²) in [7, 11) is 0. The third-order valence-corrected chi connectivity index (χ3v) is 6.35. The molecule has 0 unspecified atom stereocenters. The summed E-state index contributed by atoms with van der Waals surface area (Å²) in [4.78, 5) is 14.3. The van der Waals surface area contributed by atoms with Gasteiger partial charge in [0.15, 0.2) is 5.11 Å². The highest BCUT2D eigenvalue weighted by Crippen LogP contribution is 2.24.